The molecule has 0 aromatic carbocycles. The van der Waals surface area contributed by atoms with E-state index in [0.717, 1.165) is 10.6 Å². The van der Waals surface area contributed by atoms with Gasteiger partial charge in [0.15, 0.2) is 0 Å². The molecule has 1 aliphatic heterocycles. The number of ether oxygens (including phenoxy) is 2. The number of aromatic nitrogens is 2. The van der Waals surface area contributed by atoms with E-state index >= 15 is 0 Å². The highest BCUT2D eigenvalue weighted by molar-refractivity contribution is 7.66. The van der Waals surface area contributed by atoms with Gasteiger partial charge in [-0.25, -0.2) is 18.5 Å². The number of aromatic amines is 1. The molecular formula is C12H19N2O14P3. The van der Waals surface area contributed by atoms with E-state index in [9.17, 15) is 28.2 Å². The second-order valence-electron chi connectivity index (χ2n) is 5.93. The van der Waals surface area contributed by atoms with Crippen molar-refractivity contribution in [3.63, 3.8) is 0 Å². The highest BCUT2D eigenvalue weighted by Crippen LogP contribution is 2.66. The second-order valence-corrected chi connectivity index (χ2v) is 10.3. The summed E-state index contributed by atoms with van der Waals surface area (Å²) in [4.78, 5) is 60.9. The summed E-state index contributed by atoms with van der Waals surface area (Å²) in [5.41, 5.74) is -1.42. The first-order valence-corrected chi connectivity index (χ1v) is 12.7. The summed E-state index contributed by atoms with van der Waals surface area (Å²) in [6.45, 7) is 2.74. The topological polar surface area (TPSA) is 233 Å². The van der Waals surface area contributed by atoms with Crippen molar-refractivity contribution in [2.45, 2.75) is 24.9 Å². The number of phosphoric ester groups is 1. The van der Waals surface area contributed by atoms with Crippen LogP contribution >= 0.6 is 23.5 Å². The molecule has 1 aliphatic rings. The fourth-order valence-corrected chi connectivity index (χ4v) is 5.54. The number of nitrogens with zero attached hydrogens (tertiary/aromatic N) is 1. The van der Waals surface area contributed by atoms with Gasteiger partial charge in [0.25, 0.3) is 5.56 Å². The predicted octanol–water partition coefficient (Wildman–Crippen LogP) is -0.261. The fraction of sp³-hybridized carbons (Fsp3) is 0.500. The Morgan fingerprint density at radius 1 is 1.19 bits per heavy atom. The third-order valence-electron chi connectivity index (χ3n) is 3.59. The lowest BCUT2D eigenvalue weighted by atomic mass is 10.2. The second kappa shape index (κ2) is 10.1. The van der Waals surface area contributed by atoms with E-state index in [4.69, 9.17) is 24.2 Å². The van der Waals surface area contributed by atoms with Crippen molar-refractivity contribution >= 4 is 23.5 Å². The van der Waals surface area contributed by atoms with Crippen LogP contribution in [0.3, 0.4) is 0 Å². The van der Waals surface area contributed by atoms with Crippen molar-refractivity contribution in [1.29, 1.82) is 0 Å². The maximum atomic E-state index is 11.9. The van der Waals surface area contributed by atoms with Crippen LogP contribution < -0.4 is 11.2 Å². The van der Waals surface area contributed by atoms with E-state index in [1.165, 1.54) is 12.3 Å². The van der Waals surface area contributed by atoms with Crippen LogP contribution in [0.1, 0.15) is 12.6 Å². The van der Waals surface area contributed by atoms with Gasteiger partial charge in [-0.2, -0.15) is 8.62 Å². The number of hydrogen-bond acceptors (Lipinski definition) is 10. The third-order valence-corrected chi connectivity index (χ3v) is 7.39. The van der Waals surface area contributed by atoms with Crippen LogP contribution in [0, 0.1) is 0 Å². The van der Waals surface area contributed by atoms with Gasteiger partial charge in [0, 0.05) is 18.7 Å². The van der Waals surface area contributed by atoms with Crippen molar-refractivity contribution < 1.29 is 55.9 Å². The Hall–Kier alpha value is -1.25. The van der Waals surface area contributed by atoms with Gasteiger partial charge in [-0.05, 0) is 0 Å². The van der Waals surface area contributed by atoms with Gasteiger partial charge < -0.3 is 29.0 Å². The van der Waals surface area contributed by atoms with E-state index in [-0.39, 0.29) is 13.0 Å². The van der Waals surface area contributed by atoms with Crippen LogP contribution in [0.5, 0.6) is 0 Å². The van der Waals surface area contributed by atoms with Gasteiger partial charge in [0.05, 0.1) is 19.3 Å². The number of hydrogen-bond donors (Lipinski definition) is 5. The predicted molar refractivity (Wildman–Crippen MR) is 99.6 cm³/mol. The van der Waals surface area contributed by atoms with Crippen LogP contribution in [0.25, 0.3) is 0 Å². The minimum atomic E-state index is -5.67. The first-order valence-electron chi connectivity index (χ1n) is 8.19. The molecule has 0 bridgehead atoms. The largest absolute Gasteiger partial charge is 0.490 e. The van der Waals surface area contributed by atoms with E-state index in [1.807, 2.05) is 4.98 Å². The number of phosphoric acid groups is 3. The molecule has 0 spiro atoms. The molecule has 1 aromatic rings. The summed E-state index contributed by atoms with van der Waals surface area (Å²) in [5.74, 6) is 0. The van der Waals surface area contributed by atoms with Crippen LogP contribution in [0.4, 0.5) is 0 Å². The molecule has 0 radical (unpaired) electrons. The molecular weight excluding hydrogens is 489 g/mol. The summed E-state index contributed by atoms with van der Waals surface area (Å²) in [7, 11) is -16.6. The molecule has 176 valence electrons. The summed E-state index contributed by atoms with van der Waals surface area (Å²) in [6.07, 6.45) is -0.263. The molecule has 2 heterocycles. The quantitative estimate of drug-likeness (QED) is 0.191. The van der Waals surface area contributed by atoms with Gasteiger partial charge in [-0.3, -0.25) is 18.9 Å². The lowest BCUT2D eigenvalue weighted by Crippen LogP contribution is -2.31. The van der Waals surface area contributed by atoms with Gasteiger partial charge in [-0.1, -0.05) is 6.08 Å². The highest BCUT2D eigenvalue weighted by Gasteiger charge is 2.43. The third kappa shape index (κ3) is 8.31. The average molecular weight is 508 g/mol. The minimum absolute atomic E-state index is 0.0347. The molecule has 0 saturated carbocycles. The zero-order valence-corrected chi connectivity index (χ0v) is 18.1. The Morgan fingerprint density at radius 2 is 1.87 bits per heavy atom. The monoisotopic (exact) mass is 508 g/mol. The lowest BCUT2D eigenvalue weighted by molar-refractivity contribution is -0.0571. The Labute approximate surface area is 173 Å². The zero-order valence-electron chi connectivity index (χ0n) is 15.5. The molecule has 19 heteroatoms. The molecule has 1 fully saturated rings. The molecule has 2 rings (SSSR count). The first kappa shape index (κ1) is 26.0. The maximum absolute atomic E-state index is 11.9. The van der Waals surface area contributed by atoms with Crippen LogP contribution in [-0.4, -0.2) is 54.5 Å². The molecule has 31 heavy (non-hydrogen) atoms. The van der Waals surface area contributed by atoms with Gasteiger partial charge in [-0.15, -0.1) is 6.58 Å². The van der Waals surface area contributed by atoms with Crippen LogP contribution in [-0.2, 0) is 36.3 Å². The summed E-state index contributed by atoms with van der Waals surface area (Å²) < 4.78 is 57.7. The van der Waals surface area contributed by atoms with Crippen molar-refractivity contribution in [3.8, 4) is 0 Å². The lowest BCUT2D eigenvalue weighted by Gasteiger charge is -2.21. The Morgan fingerprint density at radius 3 is 2.45 bits per heavy atom. The van der Waals surface area contributed by atoms with Crippen molar-refractivity contribution in [3.05, 3.63) is 45.8 Å². The maximum Gasteiger partial charge on any atom is 0.490 e. The summed E-state index contributed by atoms with van der Waals surface area (Å²) >= 11 is 0. The molecule has 0 aliphatic carbocycles. The standard InChI is InChI=1S/C12H19N2O14P3/c1-2-5-24-8-6-11(14-4-3-10(15)13-12(14)16)26-9(8)7-25-30(20,21)28-31(22,23)27-29(17,18)19/h2-4,8-9,11H,1,5-7H2,(H,20,21)(H,22,23)(H,13,15,16)(H2,17,18,19)/t8?,9-,11-/m1/s1. The SMILES string of the molecule is C=CCOC1C[C@H](n2ccc(=O)[nH]c2=O)O[C@@H]1COP(=O)(O)OP(=O)(O)OP(=O)(O)O. The highest BCUT2D eigenvalue weighted by atomic mass is 31.3. The molecule has 5 atom stereocenters. The first-order chi connectivity index (χ1) is 14.2. The normalized spacial score (nSPS) is 25.6. The van der Waals surface area contributed by atoms with E-state index in [1.54, 1.807) is 0 Å². The van der Waals surface area contributed by atoms with E-state index in [2.05, 4.69) is 19.7 Å². The van der Waals surface area contributed by atoms with Crippen LogP contribution in [0.15, 0.2) is 34.5 Å². The molecule has 1 saturated heterocycles. The zero-order chi connectivity index (χ0) is 23.4. The molecule has 3 unspecified atom stereocenters. The number of nitrogens with one attached hydrogen (secondary N) is 1. The van der Waals surface area contributed by atoms with Gasteiger partial charge in [0.1, 0.15) is 12.3 Å². The van der Waals surface area contributed by atoms with Crippen LogP contribution in [0.2, 0.25) is 0 Å². The van der Waals surface area contributed by atoms with Crippen molar-refractivity contribution in [2.75, 3.05) is 13.2 Å². The number of H-pyrrole nitrogens is 1. The average Bonchev–Trinajstić information content (AvgIpc) is 2.97. The summed E-state index contributed by atoms with van der Waals surface area (Å²) in [6, 6.07) is 1.07. The molecule has 0 amide bonds. The van der Waals surface area contributed by atoms with Crippen molar-refractivity contribution in [1.82, 2.24) is 9.55 Å². The fourth-order valence-electron chi connectivity index (χ4n) is 2.51. The smallest absolute Gasteiger partial charge is 0.371 e. The van der Waals surface area contributed by atoms with E-state index < -0.39 is 59.8 Å². The molecule has 5 N–H and O–H groups in total. The molecule has 16 nitrogen and oxygen atoms in total. The summed E-state index contributed by atoms with van der Waals surface area (Å²) in [5, 5.41) is 0. The Balaban J connectivity index is 2.09. The number of rotatable bonds is 11. The van der Waals surface area contributed by atoms with Gasteiger partial charge >= 0.3 is 29.2 Å². The van der Waals surface area contributed by atoms with E-state index in [0.29, 0.717) is 0 Å². The van der Waals surface area contributed by atoms with Crippen molar-refractivity contribution in [2.24, 2.45) is 0 Å². The van der Waals surface area contributed by atoms with Gasteiger partial charge in [0.2, 0.25) is 0 Å². The minimum Gasteiger partial charge on any atom is -0.371 e. The Kier molecular flexibility index (Phi) is 8.50. The molecule has 1 aromatic heterocycles. The Bertz CT molecular complexity index is 1050.